The molecule has 1 amide bonds. The minimum Gasteiger partial charge on any atom is -0.497 e. The molecule has 0 fully saturated rings. The Labute approximate surface area is 181 Å². The summed E-state index contributed by atoms with van der Waals surface area (Å²) in [4.78, 5) is 15.3. The van der Waals surface area contributed by atoms with Crippen molar-refractivity contribution >= 4 is 34.7 Å². The van der Waals surface area contributed by atoms with Crippen molar-refractivity contribution in [3.8, 4) is 11.5 Å². The maximum atomic E-state index is 13.5. The maximum Gasteiger partial charge on any atom is 0.253 e. The number of hydrogen-bond acceptors (Lipinski definition) is 5. The third-order valence-corrected chi connectivity index (χ3v) is 5.36. The van der Waals surface area contributed by atoms with Gasteiger partial charge in [-0.1, -0.05) is 30.4 Å². The number of benzene rings is 2. The van der Waals surface area contributed by atoms with Gasteiger partial charge in [0.2, 0.25) is 0 Å². The van der Waals surface area contributed by atoms with Crippen LogP contribution in [-0.2, 0) is 4.79 Å². The quantitative estimate of drug-likeness (QED) is 0.508. The summed E-state index contributed by atoms with van der Waals surface area (Å²) in [6, 6.07) is 16.6. The Kier molecular flexibility index (Phi) is 7.51. The molecule has 0 saturated heterocycles. The molecular formula is C24H26N2O3S. The van der Waals surface area contributed by atoms with E-state index < -0.39 is 6.04 Å². The molecule has 5 nitrogen and oxygen atoms in total. The zero-order valence-electron chi connectivity index (χ0n) is 17.4. The summed E-state index contributed by atoms with van der Waals surface area (Å²) in [6.07, 6.45) is 3.85. The van der Waals surface area contributed by atoms with E-state index in [1.807, 2.05) is 78.4 Å². The number of hydrogen-bond donors (Lipinski definition) is 1. The van der Waals surface area contributed by atoms with Crippen molar-refractivity contribution in [3.05, 3.63) is 77.0 Å². The van der Waals surface area contributed by atoms with Crippen LogP contribution in [0.4, 0.5) is 11.4 Å². The van der Waals surface area contributed by atoms with Gasteiger partial charge in [0, 0.05) is 18.3 Å². The van der Waals surface area contributed by atoms with Crippen molar-refractivity contribution in [2.45, 2.75) is 13.0 Å². The van der Waals surface area contributed by atoms with E-state index >= 15 is 0 Å². The summed E-state index contributed by atoms with van der Waals surface area (Å²) in [5.74, 6) is 1.25. The first-order valence-corrected chi connectivity index (χ1v) is 10.7. The van der Waals surface area contributed by atoms with Gasteiger partial charge in [0.05, 0.1) is 19.9 Å². The Morgan fingerprint density at radius 2 is 1.93 bits per heavy atom. The van der Waals surface area contributed by atoms with E-state index in [9.17, 15) is 4.79 Å². The van der Waals surface area contributed by atoms with Gasteiger partial charge >= 0.3 is 0 Å². The maximum absolute atomic E-state index is 13.5. The molecule has 0 aliphatic rings. The third kappa shape index (κ3) is 5.21. The number of thiophene rings is 1. The molecule has 1 N–H and O–H groups in total. The van der Waals surface area contributed by atoms with Gasteiger partial charge in [-0.05, 0) is 53.6 Å². The number of nitrogens with one attached hydrogen (secondary N) is 1. The molecule has 0 bridgehead atoms. The largest absolute Gasteiger partial charge is 0.497 e. The van der Waals surface area contributed by atoms with Gasteiger partial charge in [-0.2, -0.15) is 11.3 Å². The van der Waals surface area contributed by atoms with Crippen molar-refractivity contribution < 1.29 is 14.3 Å². The van der Waals surface area contributed by atoms with Crippen molar-refractivity contribution in [3.63, 3.8) is 0 Å². The minimum absolute atomic E-state index is 0.0481. The first kappa shape index (κ1) is 21.5. The number of para-hydroxylation sites is 1. The Morgan fingerprint density at radius 3 is 2.57 bits per heavy atom. The molecule has 0 aliphatic carbocycles. The average molecular weight is 423 g/mol. The summed E-state index contributed by atoms with van der Waals surface area (Å²) < 4.78 is 10.8. The fourth-order valence-corrected chi connectivity index (χ4v) is 3.72. The second-order valence-corrected chi connectivity index (χ2v) is 7.30. The molecule has 30 heavy (non-hydrogen) atoms. The average Bonchev–Trinajstić information content (AvgIpc) is 3.31. The molecule has 1 atom stereocenters. The van der Waals surface area contributed by atoms with E-state index in [2.05, 4.69) is 5.32 Å². The summed E-state index contributed by atoms with van der Waals surface area (Å²) in [6.45, 7) is 2.53. The number of carbonyl (C=O) groups is 1. The van der Waals surface area contributed by atoms with Crippen LogP contribution in [0.5, 0.6) is 11.5 Å². The lowest BCUT2D eigenvalue weighted by molar-refractivity contribution is -0.118. The molecular weight excluding hydrogens is 396 g/mol. The molecule has 1 aromatic heterocycles. The van der Waals surface area contributed by atoms with E-state index in [4.69, 9.17) is 9.47 Å². The Hall–Kier alpha value is -3.25. The second kappa shape index (κ2) is 10.5. The number of anilines is 2. The van der Waals surface area contributed by atoms with Crippen LogP contribution in [0, 0.1) is 0 Å². The van der Waals surface area contributed by atoms with Crippen LogP contribution in [0.1, 0.15) is 12.5 Å². The van der Waals surface area contributed by atoms with Crippen LogP contribution in [0.2, 0.25) is 0 Å². The predicted molar refractivity (Wildman–Crippen MR) is 125 cm³/mol. The number of likely N-dealkylation sites (N-methyl/N-ethyl adjacent to an activating group) is 1. The minimum atomic E-state index is -0.577. The zero-order valence-corrected chi connectivity index (χ0v) is 18.2. The lowest BCUT2D eigenvalue weighted by atomic mass is 10.1. The Morgan fingerprint density at radius 1 is 1.13 bits per heavy atom. The van der Waals surface area contributed by atoms with Gasteiger partial charge in [-0.3, -0.25) is 4.79 Å². The molecule has 6 heteroatoms. The van der Waals surface area contributed by atoms with Gasteiger partial charge in [0.15, 0.2) is 0 Å². The summed E-state index contributed by atoms with van der Waals surface area (Å²) in [5, 5.41) is 7.40. The molecule has 1 heterocycles. The summed E-state index contributed by atoms with van der Waals surface area (Å²) in [5.41, 5.74) is 2.64. The summed E-state index contributed by atoms with van der Waals surface area (Å²) in [7, 11) is 3.21. The number of nitrogens with zero attached hydrogens (tertiary/aromatic N) is 1. The molecule has 0 spiro atoms. The molecule has 3 aromatic rings. The Balaban J connectivity index is 1.93. The monoisotopic (exact) mass is 422 g/mol. The number of ether oxygens (including phenoxy) is 2. The topological polar surface area (TPSA) is 50.8 Å². The highest BCUT2D eigenvalue weighted by atomic mass is 32.1. The molecule has 156 valence electrons. The molecule has 0 saturated carbocycles. The van der Waals surface area contributed by atoms with Crippen molar-refractivity contribution in [1.29, 1.82) is 0 Å². The lowest BCUT2D eigenvalue weighted by Gasteiger charge is -2.26. The van der Waals surface area contributed by atoms with Crippen LogP contribution in [-0.4, -0.2) is 32.7 Å². The SMILES string of the molecule is CCN(C(=O)[C@H](/C=C/c1ccsc1)Nc1ccc(OC)cc1OC)c1ccccc1. The smallest absolute Gasteiger partial charge is 0.253 e. The second-order valence-electron chi connectivity index (χ2n) is 6.52. The highest BCUT2D eigenvalue weighted by molar-refractivity contribution is 7.08. The van der Waals surface area contributed by atoms with Gasteiger partial charge < -0.3 is 19.7 Å². The standard InChI is InChI=1S/C24H26N2O3S/c1-4-26(19-8-6-5-7-9-19)24(27)22(12-10-18-14-15-30-17-18)25-21-13-11-20(28-2)16-23(21)29-3/h5-17,22,25H,4H2,1-3H3/b12-10+/t22-/m0/s1. The first-order valence-electron chi connectivity index (χ1n) is 9.71. The van der Waals surface area contributed by atoms with Gasteiger partial charge in [-0.15, -0.1) is 0 Å². The van der Waals surface area contributed by atoms with Crippen molar-refractivity contribution in [2.24, 2.45) is 0 Å². The first-order chi connectivity index (χ1) is 14.7. The van der Waals surface area contributed by atoms with E-state index in [1.165, 1.54) is 0 Å². The van der Waals surface area contributed by atoms with E-state index in [1.54, 1.807) is 36.5 Å². The molecule has 0 unspecified atom stereocenters. The third-order valence-electron chi connectivity index (χ3n) is 4.66. The van der Waals surface area contributed by atoms with Crippen LogP contribution >= 0.6 is 11.3 Å². The van der Waals surface area contributed by atoms with Gasteiger partial charge in [0.25, 0.3) is 5.91 Å². The van der Waals surface area contributed by atoms with Gasteiger partial charge in [0.1, 0.15) is 17.5 Å². The fourth-order valence-electron chi connectivity index (χ4n) is 3.10. The van der Waals surface area contributed by atoms with E-state index in [-0.39, 0.29) is 5.91 Å². The highest BCUT2D eigenvalue weighted by Gasteiger charge is 2.23. The number of carbonyl (C=O) groups excluding carboxylic acids is 1. The number of rotatable bonds is 9. The van der Waals surface area contributed by atoms with Crippen LogP contribution in [0.3, 0.4) is 0 Å². The highest BCUT2D eigenvalue weighted by Crippen LogP contribution is 2.30. The van der Waals surface area contributed by atoms with Gasteiger partial charge in [-0.25, -0.2) is 0 Å². The molecule has 2 aromatic carbocycles. The van der Waals surface area contributed by atoms with Crippen LogP contribution in [0.15, 0.2) is 71.4 Å². The lowest BCUT2D eigenvalue weighted by Crippen LogP contribution is -2.42. The predicted octanol–water partition coefficient (Wildman–Crippen LogP) is 5.31. The normalized spacial score (nSPS) is 11.8. The van der Waals surface area contributed by atoms with E-state index in [0.29, 0.717) is 18.0 Å². The van der Waals surface area contributed by atoms with Crippen molar-refractivity contribution in [2.75, 3.05) is 31.0 Å². The van der Waals surface area contributed by atoms with Crippen LogP contribution < -0.4 is 19.7 Å². The number of amides is 1. The summed E-state index contributed by atoms with van der Waals surface area (Å²) >= 11 is 1.62. The fraction of sp³-hybridized carbons (Fsp3) is 0.208. The number of methoxy groups -OCH3 is 2. The van der Waals surface area contributed by atoms with E-state index in [0.717, 1.165) is 16.9 Å². The Bertz CT molecular complexity index is 971. The molecule has 0 aliphatic heterocycles. The van der Waals surface area contributed by atoms with Crippen molar-refractivity contribution in [1.82, 2.24) is 0 Å². The molecule has 3 rings (SSSR count). The zero-order chi connectivity index (χ0) is 21.3. The van der Waals surface area contributed by atoms with Crippen LogP contribution in [0.25, 0.3) is 6.08 Å². The molecule has 0 radical (unpaired) electrons.